The van der Waals surface area contributed by atoms with E-state index in [2.05, 4.69) is 34.5 Å². The van der Waals surface area contributed by atoms with Crippen LogP contribution in [-0.2, 0) is 4.74 Å². The summed E-state index contributed by atoms with van der Waals surface area (Å²) in [7, 11) is 0. The van der Waals surface area contributed by atoms with Crippen molar-refractivity contribution in [3.05, 3.63) is 17.8 Å². The molecule has 0 saturated carbocycles. The van der Waals surface area contributed by atoms with Gasteiger partial charge in [-0.15, -0.1) is 11.3 Å². The summed E-state index contributed by atoms with van der Waals surface area (Å²) < 4.78 is 7.18. The lowest BCUT2D eigenvalue weighted by Gasteiger charge is -2.40. The monoisotopic (exact) mass is 291 g/mol. The summed E-state index contributed by atoms with van der Waals surface area (Å²) in [5.41, 5.74) is 1.06. The molecule has 1 aliphatic rings. The van der Waals surface area contributed by atoms with Gasteiger partial charge >= 0.3 is 0 Å². The molecule has 2 aromatic heterocycles. The highest BCUT2D eigenvalue weighted by molar-refractivity contribution is 7.17. The molecule has 0 aromatic carbocycles. The summed E-state index contributed by atoms with van der Waals surface area (Å²) in [5, 5.41) is 5.68. The summed E-state index contributed by atoms with van der Waals surface area (Å²) in [6, 6.07) is 2.48. The van der Waals surface area contributed by atoms with Crippen LogP contribution in [0.3, 0.4) is 0 Å². The third-order valence-corrected chi connectivity index (χ3v) is 5.28. The van der Waals surface area contributed by atoms with Crippen LogP contribution in [0, 0.1) is 0 Å². The van der Waals surface area contributed by atoms with E-state index in [-0.39, 0.29) is 5.60 Å². The SMILES string of the molecule is CCC1(CC)CC(Nc2ncnc3ccsc23)CCO1. The van der Waals surface area contributed by atoms with Crippen LogP contribution in [0.2, 0.25) is 0 Å². The first-order chi connectivity index (χ1) is 9.76. The van der Waals surface area contributed by atoms with Crippen molar-refractivity contribution >= 4 is 27.4 Å². The molecular formula is C15H21N3OS. The zero-order valence-electron chi connectivity index (χ0n) is 12.1. The van der Waals surface area contributed by atoms with Crippen molar-refractivity contribution in [1.29, 1.82) is 0 Å². The van der Waals surface area contributed by atoms with Crippen LogP contribution >= 0.6 is 11.3 Å². The Bertz CT molecular complexity index is 579. The molecule has 0 aliphatic carbocycles. The lowest BCUT2D eigenvalue weighted by molar-refractivity contribution is -0.0864. The maximum atomic E-state index is 6.03. The fourth-order valence-corrected chi connectivity index (χ4v) is 3.78. The lowest BCUT2D eigenvalue weighted by atomic mass is 9.86. The Hall–Kier alpha value is -1.20. The zero-order valence-corrected chi connectivity index (χ0v) is 12.9. The lowest BCUT2D eigenvalue weighted by Crippen LogP contribution is -2.43. The largest absolute Gasteiger partial charge is 0.375 e. The van der Waals surface area contributed by atoms with Crippen molar-refractivity contribution in [3.8, 4) is 0 Å². The van der Waals surface area contributed by atoms with Crippen molar-refractivity contribution in [2.24, 2.45) is 0 Å². The van der Waals surface area contributed by atoms with Gasteiger partial charge < -0.3 is 10.1 Å². The molecular weight excluding hydrogens is 270 g/mol. The molecule has 2 aromatic rings. The van der Waals surface area contributed by atoms with Gasteiger partial charge in [-0.25, -0.2) is 9.97 Å². The molecule has 1 atom stereocenters. The Balaban J connectivity index is 1.79. The van der Waals surface area contributed by atoms with Crippen LogP contribution in [0.5, 0.6) is 0 Å². The smallest absolute Gasteiger partial charge is 0.147 e. The van der Waals surface area contributed by atoms with Crippen molar-refractivity contribution in [3.63, 3.8) is 0 Å². The number of anilines is 1. The number of ether oxygens (including phenoxy) is 1. The number of hydrogen-bond donors (Lipinski definition) is 1. The molecule has 1 fully saturated rings. The molecule has 4 nitrogen and oxygen atoms in total. The average molecular weight is 291 g/mol. The van der Waals surface area contributed by atoms with E-state index < -0.39 is 0 Å². The topological polar surface area (TPSA) is 47.0 Å². The van der Waals surface area contributed by atoms with Crippen LogP contribution in [-0.4, -0.2) is 28.2 Å². The Morgan fingerprint density at radius 2 is 2.25 bits per heavy atom. The molecule has 0 radical (unpaired) electrons. The summed E-state index contributed by atoms with van der Waals surface area (Å²) in [5.74, 6) is 0.970. The Morgan fingerprint density at radius 3 is 3.05 bits per heavy atom. The van der Waals surface area contributed by atoms with Gasteiger partial charge in [-0.3, -0.25) is 0 Å². The molecule has 0 bridgehead atoms. The minimum atomic E-state index is 0.0392. The Labute approximate surface area is 123 Å². The molecule has 0 amide bonds. The molecule has 1 saturated heterocycles. The first-order valence-electron chi connectivity index (χ1n) is 7.35. The molecule has 108 valence electrons. The maximum absolute atomic E-state index is 6.03. The second-order valence-electron chi connectivity index (χ2n) is 5.43. The number of hydrogen-bond acceptors (Lipinski definition) is 5. The standard InChI is InChI=1S/C15H21N3OS/c1-3-15(4-2)9-11(5-7-19-15)18-14-13-12(6-8-20-13)16-10-17-14/h6,8,10-11H,3-5,7,9H2,1-2H3,(H,16,17,18). The van der Waals surface area contributed by atoms with Crippen molar-refractivity contribution < 1.29 is 4.74 Å². The normalized spacial score (nSPS) is 22.0. The van der Waals surface area contributed by atoms with E-state index in [9.17, 15) is 0 Å². The van der Waals surface area contributed by atoms with Gasteiger partial charge in [-0.2, -0.15) is 0 Å². The molecule has 5 heteroatoms. The predicted molar refractivity (Wildman–Crippen MR) is 83.3 cm³/mol. The molecule has 1 N–H and O–H groups in total. The summed E-state index contributed by atoms with van der Waals surface area (Å²) in [4.78, 5) is 8.71. The van der Waals surface area contributed by atoms with E-state index >= 15 is 0 Å². The minimum Gasteiger partial charge on any atom is -0.375 e. The summed E-state index contributed by atoms with van der Waals surface area (Å²) >= 11 is 1.70. The zero-order chi connectivity index (χ0) is 14.0. The van der Waals surface area contributed by atoms with Gasteiger partial charge in [-0.1, -0.05) is 13.8 Å². The van der Waals surface area contributed by atoms with Crippen LogP contribution in [0.1, 0.15) is 39.5 Å². The van der Waals surface area contributed by atoms with E-state index in [1.807, 2.05) is 6.07 Å². The van der Waals surface area contributed by atoms with Crippen molar-refractivity contribution in [2.75, 3.05) is 11.9 Å². The molecule has 3 rings (SSSR count). The quantitative estimate of drug-likeness (QED) is 0.929. The van der Waals surface area contributed by atoms with E-state index in [0.29, 0.717) is 6.04 Å². The highest BCUT2D eigenvalue weighted by atomic mass is 32.1. The van der Waals surface area contributed by atoms with Gasteiger partial charge in [0, 0.05) is 12.6 Å². The maximum Gasteiger partial charge on any atom is 0.147 e. The average Bonchev–Trinajstić information content (AvgIpc) is 2.97. The first kappa shape index (κ1) is 13.8. The number of thiophene rings is 1. The number of nitrogens with one attached hydrogen (secondary N) is 1. The second-order valence-corrected chi connectivity index (χ2v) is 6.35. The van der Waals surface area contributed by atoms with Crippen molar-refractivity contribution in [1.82, 2.24) is 9.97 Å². The van der Waals surface area contributed by atoms with Crippen LogP contribution in [0.4, 0.5) is 5.82 Å². The Morgan fingerprint density at radius 1 is 1.40 bits per heavy atom. The predicted octanol–water partition coefficient (Wildman–Crippen LogP) is 3.84. The first-order valence-corrected chi connectivity index (χ1v) is 8.23. The van der Waals surface area contributed by atoms with E-state index in [0.717, 1.165) is 48.3 Å². The fourth-order valence-electron chi connectivity index (χ4n) is 2.98. The number of rotatable bonds is 4. The van der Waals surface area contributed by atoms with Crippen LogP contribution in [0.15, 0.2) is 17.8 Å². The highest BCUT2D eigenvalue weighted by Gasteiger charge is 2.34. The highest BCUT2D eigenvalue weighted by Crippen LogP contribution is 2.34. The van der Waals surface area contributed by atoms with Crippen molar-refractivity contribution in [2.45, 2.75) is 51.2 Å². The number of nitrogens with zero attached hydrogens (tertiary/aromatic N) is 2. The fraction of sp³-hybridized carbons (Fsp3) is 0.600. The van der Waals surface area contributed by atoms with Gasteiger partial charge in [0.05, 0.1) is 15.8 Å². The van der Waals surface area contributed by atoms with Crippen LogP contribution in [0.25, 0.3) is 10.2 Å². The summed E-state index contributed by atoms with van der Waals surface area (Å²) in [6.07, 6.45) is 5.87. The molecule has 0 spiro atoms. The second kappa shape index (κ2) is 5.66. The van der Waals surface area contributed by atoms with Gasteiger partial charge in [0.25, 0.3) is 0 Å². The van der Waals surface area contributed by atoms with Gasteiger partial charge in [0.2, 0.25) is 0 Å². The molecule has 1 unspecified atom stereocenters. The third-order valence-electron chi connectivity index (χ3n) is 4.37. The van der Waals surface area contributed by atoms with Gasteiger partial charge in [0.1, 0.15) is 12.1 Å². The number of aromatic nitrogens is 2. The molecule has 20 heavy (non-hydrogen) atoms. The Kier molecular flexibility index (Phi) is 3.89. The minimum absolute atomic E-state index is 0.0392. The third kappa shape index (κ3) is 2.52. The van der Waals surface area contributed by atoms with E-state index in [1.165, 1.54) is 0 Å². The summed E-state index contributed by atoms with van der Waals surface area (Å²) in [6.45, 7) is 5.26. The van der Waals surface area contributed by atoms with Crippen LogP contribution < -0.4 is 5.32 Å². The number of fused-ring (bicyclic) bond motifs is 1. The molecule has 1 aliphatic heterocycles. The molecule has 3 heterocycles. The van der Waals surface area contributed by atoms with E-state index in [1.54, 1.807) is 17.7 Å². The van der Waals surface area contributed by atoms with Gasteiger partial charge in [-0.05, 0) is 37.1 Å². The van der Waals surface area contributed by atoms with Gasteiger partial charge in [0.15, 0.2) is 0 Å². The van der Waals surface area contributed by atoms with E-state index in [4.69, 9.17) is 4.74 Å².